The number of hydrogen-bond acceptors (Lipinski definition) is 8. The molecule has 0 saturated carbocycles. The van der Waals surface area contributed by atoms with Crippen LogP contribution in [0.1, 0.15) is 73.3 Å². The fourth-order valence-corrected chi connectivity index (χ4v) is 3.67. The highest BCUT2D eigenvalue weighted by Crippen LogP contribution is 2.37. The molecule has 1 aromatic carbocycles. The Hall–Kier alpha value is -3.54. The van der Waals surface area contributed by atoms with E-state index in [4.69, 9.17) is 9.47 Å². The number of aliphatic carboxylic acids is 1. The number of benzene rings is 1. The topological polar surface area (TPSA) is 164 Å². The summed E-state index contributed by atoms with van der Waals surface area (Å²) in [5, 5.41) is 38.7. The fraction of sp³-hybridized carbons (Fsp3) is 0.615. The number of ether oxygens (including phenoxy) is 2. The second kappa shape index (κ2) is 11.9. The number of amides is 2. The minimum Gasteiger partial charge on any atom is -0.714 e. The third kappa shape index (κ3) is 7.50. The van der Waals surface area contributed by atoms with Gasteiger partial charge >= 0.3 is 17.9 Å². The Kier molecular flexibility index (Phi) is 9.60. The molecule has 0 saturated heterocycles. The molecule has 0 radical (unpaired) electrons. The quantitative estimate of drug-likeness (QED) is 0.189. The lowest BCUT2D eigenvalue weighted by atomic mass is 9.84. The van der Waals surface area contributed by atoms with Gasteiger partial charge in [-0.15, -0.1) is 5.06 Å². The Morgan fingerprint density at radius 2 is 1.71 bits per heavy atom. The van der Waals surface area contributed by atoms with Gasteiger partial charge in [-0.05, 0) is 92.0 Å². The van der Waals surface area contributed by atoms with Crippen LogP contribution in [-0.2, 0) is 14.3 Å². The van der Waals surface area contributed by atoms with Crippen LogP contribution >= 0.6 is 0 Å². The first-order valence-corrected chi connectivity index (χ1v) is 12.5. The van der Waals surface area contributed by atoms with Crippen molar-refractivity contribution in [1.29, 1.82) is 0 Å². The number of rotatable bonds is 11. The molecule has 212 valence electrons. The van der Waals surface area contributed by atoms with E-state index < -0.39 is 34.8 Å². The van der Waals surface area contributed by atoms with Crippen molar-refractivity contribution in [2.75, 3.05) is 13.2 Å². The molecule has 0 spiro atoms. The molecule has 12 heteroatoms. The summed E-state index contributed by atoms with van der Waals surface area (Å²) in [5.74, 6) is -0.958. The first-order valence-electron chi connectivity index (χ1n) is 12.5. The molecule has 0 fully saturated rings. The van der Waals surface area contributed by atoms with E-state index in [1.807, 2.05) is 0 Å². The summed E-state index contributed by atoms with van der Waals surface area (Å²) in [6.45, 7) is 12.2. The summed E-state index contributed by atoms with van der Waals surface area (Å²) in [4.78, 5) is 35.3. The maximum absolute atomic E-state index is 12.8. The average Bonchev–Trinajstić information content (AvgIpc) is 2.92. The van der Waals surface area contributed by atoms with Crippen LogP contribution < -0.4 is 15.4 Å². The van der Waals surface area contributed by atoms with Gasteiger partial charge in [0, 0.05) is 6.54 Å². The van der Waals surface area contributed by atoms with Crippen LogP contribution in [0.5, 0.6) is 5.75 Å². The van der Waals surface area contributed by atoms with Crippen LogP contribution in [0.15, 0.2) is 24.3 Å². The number of carbonyl (C=O) groups excluding carboxylic acids is 2. The third-order valence-electron chi connectivity index (χ3n) is 6.64. The monoisotopic (exact) mass is 536 g/mol. The van der Waals surface area contributed by atoms with E-state index in [1.54, 1.807) is 72.7 Å². The number of alkyl carbamates (subject to hydrolysis) is 1. The van der Waals surface area contributed by atoms with Crippen molar-refractivity contribution in [3.63, 3.8) is 0 Å². The molecule has 1 heterocycles. The van der Waals surface area contributed by atoms with Crippen LogP contribution in [0.3, 0.4) is 0 Å². The summed E-state index contributed by atoms with van der Waals surface area (Å²) in [7, 11) is 0. The number of nitrogens with zero attached hydrogens (tertiary/aromatic N) is 2. The van der Waals surface area contributed by atoms with Crippen molar-refractivity contribution in [3.8, 4) is 5.75 Å². The van der Waals surface area contributed by atoms with Gasteiger partial charge in [-0.2, -0.15) is 0 Å². The molecule has 4 N–H and O–H groups in total. The molecule has 1 aliphatic rings. The number of carboxylic acids is 1. The van der Waals surface area contributed by atoms with Gasteiger partial charge in [0.05, 0.1) is 5.56 Å². The molecule has 0 aromatic heterocycles. The number of carboxylic acid groups (broad SMARTS) is 1. The second-order valence-electron chi connectivity index (χ2n) is 11.2. The van der Waals surface area contributed by atoms with Crippen molar-refractivity contribution in [1.82, 2.24) is 15.7 Å². The van der Waals surface area contributed by atoms with Crippen molar-refractivity contribution < 1.29 is 38.9 Å². The Balaban J connectivity index is 1.76. The van der Waals surface area contributed by atoms with E-state index in [0.29, 0.717) is 30.7 Å². The van der Waals surface area contributed by atoms with Crippen LogP contribution in [0.25, 0.3) is 0 Å². The summed E-state index contributed by atoms with van der Waals surface area (Å²) in [6.07, 6.45) is 0.360. The van der Waals surface area contributed by atoms with Gasteiger partial charge in [0.25, 0.3) is 5.91 Å². The minimum absolute atomic E-state index is 0.135. The highest BCUT2D eigenvalue weighted by Gasteiger charge is 2.58. The van der Waals surface area contributed by atoms with E-state index in [-0.39, 0.29) is 24.8 Å². The molecule has 38 heavy (non-hydrogen) atoms. The van der Waals surface area contributed by atoms with Gasteiger partial charge in [0.2, 0.25) is 0 Å². The fourth-order valence-electron chi connectivity index (χ4n) is 3.67. The molecular formula is C26H40N4O8. The van der Waals surface area contributed by atoms with Gasteiger partial charge in [-0.25, -0.2) is 14.8 Å². The summed E-state index contributed by atoms with van der Waals surface area (Å²) >= 11 is 0. The Morgan fingerprint density at radius 1 is 1.11 bits per heavy atom. The molecule has 12 nitrogen and oxygen atoms in total. The highest BCUT2D eigenvalue weighted by molar-refractivity contribution is 5.96. The van der Waals surface area contributed by atoms with Gasteiger partial charge in [0.1, 0.15) is 22.9 Å². The zero-order valence-corrected chi connectivity index (χ0v) is 23.2. The molecular weight excluding hydrogens is 496 g/mol. The summed E-state index contributed by atoms with van der Waals surface area (Å²) < 4.78 is 11.4. The smallest absolute Gasteiger partial charge is 0.408 e. The van der Waals surface area contributed by atoms with Crippen LogP contribution in [0, 0.1) is 5.21 Å². The molecule has 0 bridgehead atoms. The van der Waals surface area contributed by atoms with E-state index in [2.05, 4.69) is 10.6 Å². The third-order valence-corrected chi connectivity index (χ3v) is 6.64. The maximum atomic E-state index is 12.8. The maximum Gasteiger partial charge on any atom is 0.408 e. The van der Waals surface area contributed by atoms with Crippen LogP contribution in [-0.4, -0.2) is 79.8 Å². The Bertz CT molecular complexity index is 1040. The first-order chi connectivity index (χ1) is 17.5. The number of amidine groups is 1. The number of carbonyl (C=O) groups is 3. The number of unbranched alkanes of at least 4 members (excludes halogenated alkanes) is 1. The Labute approximate surface area is 223 Å². The van der Waals surface area contributed by atoms with E-state index in [9.17, 15) is 29.9 Å². The predicted molar refractivity (Wildman–Crippen MR) is 139 cm³/mol. The average molecular weight is 537 g/mol. The molecule has 0 unspecified atom stereocenters. The van der Waals surface area contributed by atoms with Gasteiger partial charge < -0.3 is 30.4 Å². The van der Waals surface area contributed by atoms with E-state index >= 15 is 0 Å². The van der Waals surface area contributed by atoms with Gasteiger partial charge in [-0.1, -0.05) is 0 Å². The van der Waals surface area contributed by atoms with E-state index in [1.165, 1.54) is 0 Å². The lowest BCUT2D eigenvalue weighted by molar-refractivity contribution is -0.539. The molecule has 1 atom stereocenters. The number of hydroxylamine groups is 3. The second-order valence-corrected chi connectivity index (χ2v) is 11.2. The van der Waals surface area contributed by atoms with Crippen molar-refractivity contribution >= 4 is 23.8 Å². The highest BCUT2D eigenvalue weighted by atomic mass is 16.6. The summed E-state index contributed by atoms with van der Waals surface area (Å²) in [5.41, 5.74) is -1.88. The summed E-state index contributed by atoms with van der Waals surface area (Å²) in [6, 6.07) is 5.41. The number of nitrogens with one attached hydrogen (secondary N) is 2. The van der Waals surface area contributed by atoms with Crippen LogP contribution in [0.4, 0.5) is 4.79 Å². The first kappa shape index (κ1) is 30.7. The SMILES string of the molecule is CC(C)(C)OC(=O)N[C@@H](CCCCNC(=O)COc1ccc(C2=[N+]([O-])C(C)(C)C(C)(C)N2O)cc1)C(=O)O. The van der Waals surface area contributed by atoms with Gasteiger partial charge in [-0.3, -0.25) is 9.53 Å². The number of hydrogen-bond donors (Lipinski definition) is 4. The van der Waals surface area contributed by atoms with Crippen molar-refractivity contribution in [2.24, 2.45) is 0 Å². The van der Waals surface area contributed by atoms with Crippen LogP contribution in [0.2, 0.25) is 0 Å². The predicted octanol–water partition coefficient (Wildman–Crippen LogP) is 2.85. The Morgan fingerprint density at radius 3 is 2.21 bits per heavy atom. The normalized spacial score (nSPS) is 17.1. The molecule has 2 rings (SSSR count). The molecule has 0 aliphatic carbocycles. The minimum atomic E-state index is -1.16. The molecule has 1 aromatic rings. The van der Waals surface area contributed by atoms with Crippen molar-refractivity contribution in [3.05, 3.63) is 35.0 Å². The molecule has 1 aliphatic heterocycles. The van der Waals surface area contributed by atoms with E-state index in [0.717, 1.165) is 9.80 Å². The molecule has 2 amide bonds. The standard InChI is InChI=1S/C26H40N4O8/c1-24(2,3)38-23(34)28-19(22(32)33)10-8-9-15-27-20(31)16-37-18-13-11-17(12-14-18)21-29(35)25(4,5)26(6,7)30(21)36/h11-14,19,35H,8-10,15-16H2,1-7H3,(H,27,31)(H,28,34)(H,32,33)/t19-/m0/s1. The lowest BCUT2D eigenvalue weighted by Gasteiger charge is -2.33. The van der Waals surface area contributed by atoms with Gasteiger partial charge in [0.15, 0.2) is 12.1 Å². The zero-order chi connectivity index (χ0) is 28.9. The lowest BCUT2D eigenvalue weighted by Crippen LogP contribution is -2.53. The van der Waals surface area contributed by atoms with Crippen molar-refractivity contribution in [2.45, 2.75) is 90.4 Å². The largest absolute Gasteiger partial charge is 0.714 e. The zero-order valence-electron chi connectivity index (χ0n) is 23.2.